The summed E-state index contributed by atoms with van der Waals surface area (Å²) in [5, 5.41) is 7.49. The van der Waals surface area contributed by atoms with Gasteiger partial charge in [-0.1, -0.05) is 35.3 Å². The van der Waals surface area contributed by atoms with Crippen molar-refractivity contribution < 1.29 is 9.53 Å². The fourth-order valence-electron chi connectivity index (χ4n) is 2.36. The van der Waals surface area contributed by atoms with Crippen molar-refractivity contribution in [1.82, 2.24) is 20.1 Å². The Kier molecular flexibility index (Phi) is 8.02. The Hall–Kier alpha value is -2.38. The van der Waals surface area contributed by atoms with Gasteiger partial charge in [0.2, 0.25) is 0 Å². The number of nitrogens with zero attached hydrogens (tertiary/aromatic N) is 3. The SMILES string of the molecule is CN=C(NCc1cccc(OCC(=O)N(C)C)c1)NCc1cc(Cl)c(Cl)n1C. The molecular formula is C19H25Cl2N5O2. The zero-order valence-corrected chi connectivity index (χ0v) is 17.9. The normalized spacial score (nSPS) is 11.3. The molecule has 0 spiro atoms. The zero-order chi connectivity index (χ0) is 20.7. The van der Waals surface area contributed by atoms with Crippen molar-refractivity contribution in [1.29, 1.82) is 0 Å². The van der Waals surface area contributed by atoms with E-state index >= 15 is 0 Å². The highest BCUT2D eigenvalue weighted by atomic mass is 35.5. The standard InChI is InChI=1S/C19H25Cl2N5O2/c1-22-19(24-11-14-9-16(20)18(21)26(14)4)23-10-13-6-5-7-15(8-13)28-12-17(27)25(2)3/h5-9H,10-12H2,1-4H3,(H2,22,23,24). The van der Waals surface area contributed by atoms with Gasteiger partial charge in [0.25, 0.3) is 5.91 Å². The lowest BCUT2D eigenvalue weighted by molar-refractivity contribution is -0.130. The minimum absolute atomic E-state index is 0.00882. The molecule has 28 heavy (non-hydrogen) atoms. The third-order valence-electron chi connectivity index (χ3n) is 4.10. The number of hydrogen-bond acceptors (Lipinski definition) is 3. The van der Waals surface area contributed by atoms with Crippen LogP contribution in [0, 0.1) is 0 Å². The highest BCUT2D eigenvalue weighted by molar-refractivity contribution is 6.41. The lowest BCUT2D eigenvalue weighted by atomic mass is 10.2. The van der Waals surface area contributed by atoms with Crippen LogP contribution in [0.2, 0.25) is 10.2 Å². The van der Waals surface area contributed by atoms with Gasteiger partial charge in [0.15, 0.2) is 12.6 Å². The maximum absolute atomic E-state index is 11.6. The van der Waals surface area contributed by atoms with Crippen molar-refractivity contribution in [2.24, 2.45) is 12.0 Å². The first-order chi connectivity index (χ1) is 13.3. The van der Waals surface area contributed by atoms with E-state index in [0.717, 1.165) is 11.3 Å². The van der Waals surface area contributed by atoms with E-state index in [2.05, 4.69) is 15.6 Å². The average molecular weight is 426 g/mol. The van der Waals surface area contributed by atoms with Gasteiger partial charge in [0.05, 0.1) is 11.6 Å². The van der Waals surface area contributed by atoms with E-state index in [1.165, 1.54) is 4.90 Å². The second kappa shape index (κ2) is 10.2. The van der Waals surface area contributed by atoms with Crippen LogP contribution >= 0.6 is 23.2 Å². The smallest absolute Gasteiger partial charge is 0.259 e. The molecule has 2 rings (SSSR count). The Balaban J connectivity index is 1.88. The van der Waals surface area contributed by atoms with Crippen LogP contribution in [0.15, 0.2) is 35.3 Å². The van der Waals surface area contributed by atoms with Crippen molar-refractivity contribution in [3.8, 4) is 5.75 Å². The number of rotatable bonds is 7. The fraction of sp³-hybridized carbons (Fsp3) is 0.368. The van der Waals surface area contributed by atoms with Gasteiger partial charge in [0.1, 0.15) is 10.9 Å². The summed E-state index contributed by atoms with van der Waals surface area (Å²) in [5.74, 6) is 1.20. The van der Waals surface area contributed by atoms with Gasteiger partial charge in [-0.25, -0.2) is 0 Å². The monoisotopic (exact) mass is 425 g/mol. The van der Waals surface area contributed by atoms with Crippen LogP contribution in [0.5, 0.6) is 5.75 Å². The molecule has 0 bridgehead atoms. The van der Waals surface area contributed by atoms with E-state index in [1.807, 2.05) is 41.9 Å². The van der Waals surface area contributed by atoms with Gasteiger partial charge in [0, 0.05) is 40.4 Å². The number of aromatic nitrogens is 1. The number of likely N-dealkylation sites (N-methyl/N-ethyl adjacent to an activating group) is 1. The number of amides is 1. The number of aliphatic imine (C=N–C) groups is 1. The second-order valence-electron chi connectivity index (χ2n) is 6.34. The van der Waals surface area contributed by atoms with Crippen LogP contribution in [0.3, 0.4) is 0 Å². The van der Waals surface area contributed by atoms with E-state index in [0.29, 0.717) is 35.0 Å². The summed E-state index contributed by atoms with van der Waals surface area (Å²) in [7, 11) is 6.95. The van der Waals surface area contributed by atoms with Gasteiger partial charge >= 0.3 is 0 Å². The van der Waals surface area contributed by atoms with Gasteiger partial charge in [-0.15, -0.1) is 0 Å². The summed E-state index contributed by atoms with van der Waals surface area (Å²) in [6, 6.07) is 9.39. The molecule has 1 amide bonds. The van der Waals surface area contributed by atoms with Gasteiger partial charge in [-0.3, -0.25) is 9.79 Å². The molecule has 1 aromatic heterocycles. The van der Waals surface area contributed by atoms with Gasteiger partial charge in [-0.2, -0.15) is 0 Å². The van der Waals surface area contributed by atoms with Crippen LogP contribution in [-0.2, 0) is 24.9 Å². The summed E-state index contributed by atoms with van der Waals surface area (Å²) in [5.41, 5.74) is 1.95. The fourth-order valence-corrected chi connectivity index (χ4v) is 2.77. The summed E-state index contributed by atoms with van der Waals surface area (Å²) in [6.45, 7) is 1.08. The number of ether oxygens (including phenoxy) is 1. The van der Waals surface area contributed by atoms with Gasteiger partial charge in [-0.05, 0) is 23.8 Å². The third-order valence-corrected chi connectivity index (χ3v) is 4.94. The van der Waals surface area contributed by atoms with Gasteiger partial charge < -0.3 is 24.8 Å². The molecule has 152 valence electrons. The first-order valence-corrected chi connectivity index (χ1v) is 9.43. The predicted octanol–water partition coefficient (Wildman–Crippen LogP) is 2.66. The minimum atomic E-state index is -0.0889. The number of halogens is 2. The van der Waals surface area contributed by atoms with E-state index < -0.39 is 0 Å². The minimum Gasteiger partial charge on any atom is -0.484 e. The largest absolute Gasteiger partial charge is 0.484 e. The Morgan fingerprint density at radius 1 is 1.21 bits per heavy atom. The molecule has 1 heterocycles. The highest BCUT2D eigenvalue weighted by Gasteiger charge is 2.09. The maximum Gasteiger partial charge on any atom is 0.259 e. The molecular weight excluding hydrogens is 401 g/mol. The van der Waals surface area contributed by atoms with Crippen molar-refractivity contribution in [2.75, 3.05) is 27.7 Å². The Bertz CT molecular complexity index is 849. The second-order valence-corrected chi connectivity index (χ2v) is 7.10. The topological polar surface area (TPSA) is 70.9 Å². The number of hydrogen-bond donors (Lipinski definition) is 2. The molecule has 0 saturated carbocycles. The first-order valence-electron chi connectivity index (χ1n) is 8.67. The molecule has 0 radical (unpaired) electrons. The predicted molar refractivity (Wildman–Crippen MR) is 113 cm³/mol. The van der Waals surface area contributed by atoms with Crippen LogP contribution < -0.4 is 15.4 Å². The summed E-state index contributed by atoms with van der Waals surface area (Å²) >= 11 is 12.1. The van der Waals surface area contributed by atoms with Crippen LogP contribution in [-0.4, -0.2) is 49.1 Å². The van der Waals surface area contributed by atoms with Crippen LogP contribution in [0.25, 0.3) is 0 Å². The number of carbonyl (C=O) groups excluding carboxylic acids is 1. The summed E-state index contributed by atoms with van der Waals surface area (Å²) < 4.78 is 7.36. The van der Waals surface area contributed by atoms with Crippen molar-refractivity contribution in [2.45, 2.75) is 13.1 Å². The summed E-state index contributed by atoms with van der Waals surface area (Å²) in [6.07, 6.45) is 0. The number of guanidine groups is 1. The molecule has 0 saturated heterocycles. The average Bonchev–Trinajstić information content (AvgIpc) is 2.93. The summed E-state index contributed by atoms with van der Waals surface area (Å²) in [4.78, 5) is 17.3. The van der Waals surface area contributed by atoms with E-state index in [9.17, 15) is 4.79 Å². The molecule has 2 N–H and O–H groups in total. The van der Waals surface area contributed by atoms with Crippen molar-refractivity contribution in [3.05, 3.63) is 51.8 Å². The third kappa shape index (κ3) is 6.07. The number of nitrogens with one attached hydrogen (secondary N) is 2. The molecule has 0 unspecified atom stereocenters. The quantitative estimate of drug-likeness (QED) is 0.528. The lowest BCUT2D eigenvalue weighted by Crippen LogP contribution is -2.36. The lowest BCUT2D eigenvalue weighted by Gasteiger charge is -2.14. The molecule has 2 aromatic rings. The van der Waals surface area contributed by atoms with Crippen molar-refractivity contribution >= 4 is 35.1 Å². The van der Waals surface area contributed by atoms with E-state index in [-0.39, 0.29) is 12.5 Å². The molecule has 0 aliphatic rings. The highest BCUT2D eigenvalue weighted by Crippen LogP contribution is 2.24. The molecule has 0 aliphatic heterocycles. The molecule has 0 atom stereocenters. The Morgan fingerprint density at radius 2 is 1.93 bits per heavy atom. The number of carbonyl (C=O) groups is 1. The molecule has 1 aromatic carbocycles. The van der Waals surface area contributed by atoms with Crippen LogP contribution in [0.1, 0.15) is 11.3 Å². The molecule has 0 fully saturated rings. The van der Waals surface area contributed by atoms with Crippen LogP contribution in [0.4, 0.5) is 0 Å². The van der Waals surface area contributed by atoms with E-state index in [4.69, 9.17) is 27.9 Å². The first kappa shape index (κ1) is 21.9. The molecule has 0 aliphatic carbocycles. The van der Waals surface area contributed by atoms with Crippen molar-refractivity contribution in [3.63, 3.8) is 0 Å². The maximum atomic E-state index is 11.6. The Labute approximate surface area is 175 Å². The van der Waals surface area contributed by atoms with E-state index in [1.54, 1.807) is 21.1 Å². The number of benzene rings is 1. The Morgan fingerprint density at radius 3 is 2.54 bits per heavy atom. The zero-order valence-electron chi connectivity index (χ0n) is 16.4. The molecule has 7 nitrogen and oxygen atoms in total. The molecule has 9 heteroatoms.